The van der Waals surface area contributed by atoms with Crippen LogP contribution in [0.5, 0.6) is 0 Å². The maximum atomic E-state index is 12.5. The quantitative estimate of drug-likeness (QED) is 0.855. The largest absolute Gasteiger partial charge is 0.396 e. The molecule has 0 saturated carbocycles. The predicted molar refractivity (Wildman–Crippen MR) is 76.8 cm³/mol. The van der Waals surface area contributed by atoms with E-state index in [0.717, 1.165) is 6.42 Å². The van der Waals surface area contributed by atoms with Crippen LogP contribution in [0.3, 0.4) is 0 Å². The predicted octanol–water partition coefficient (Wildman–Crippen LogP) is 2.83. The maximum absolute atomic E-state index is 12.5. The van der Waals surface area contributed by atoms with Gasteiger partial charge in [0.15, 0.2) is 0 Å². The van der Waals surface area contributed by atoms with Gasteiger partial charge < -0.3 is 15.4 Å². The van der Waals surface area contributed by atoms with Gasteiger partial charge >= 0.3 is 0 Å². The summed E-state index contributed by atoms with van der Waals surface area (Å²) in [4.78, 5) is 14.3. The summed E-state index contributed by atoms with van der Waals surface area (Å²) in [5, 5.41) is 0.606. The fraction of sp³-hybridized carbons (Fsp3) is 0.462. The molecule has 4 nitrogen and oxygen atoms in total. The Kier molecular flexibility index (Phi) is 4.55. The minimum Gasteiger partial charge on any atom is -0.396 e. The zero-order chi connectivity index (χ0) is 14.0. The molecule has 1 heterocycles. The summed E-state index contributed by atoms with van der Waals surface area (Å²) >= 11 is 11.9. The Labute approximate surface area is 122 Å². The summed E-state index contributed by atoms with van der Waals surface area (Å²) in [7, 11) is 0. The third-order valence-electron chi connectivity index (χ3n) is 3.29. The topological polar surface area (TPSA) is 55.6 Å². The van der Waals surface area contributed by atoms with Crippen molar-refractivity contribution < 1.29 is 9.53 Å². The molecular formula is C13H16Cl2N2O2. The van der Waals surface area contributed by atoms with Crippen LogP contribution in [0.1, 0.15) is 23.7 Å². The van der Waals surface area contributed by atoms with Gasteiger partial charge in [0.2, 0.25) is 0 Å². The van der Waals surface area contributed by atoms with Crippen molar-refractivity contribution >= 4 is 34.8 Å². The Balaban J connectivity index is 2.28. The summed E-state index contributed by atoms with van der Waals surface area (Å²) in [6.45, 7) is 3.73. The highest BCUT2D eigenvalue weighted by atomic mass is 35.5. The van der Waals surface area contributed by atoms with Gasteiger partial charge in [-0.2, -0.15) is 0 Å². The lowest BCUT2D eigenvalue weighted by atomic mass is 10.1. The molecule has 0 aliphatic carbocycles. The molecule has 1 aliphatic heterocycles. The van der Waals surface area contributed by atoms with Crippen LogP contribution in [0.2, 0.25) is 10.0 Å². The number of nitrogens with zero attached hydrogens (tertiary/aromatic N) is 1. The van der Waals surface area contributed by atoms with Gasteiger partial charge in [-0.1, -0.05) is 30.1 Å². The number of morpholine rings is 1. The average Bonchev–Trinajstić information content (AvgIpc) is 2.43. The molecule has 104 valence electrons. The molecule has 1 aromatic rings. The van der Waals surface area contributed by atoms with Crippen molar-refractivity contribution in [3.05, 3.63) is 27.7 Å². The van der Waals surface area contributed by atoms with Crippen molar-refractivity contribution in [1.29, 1.82) is 0 Å². The molecule has 19 heavy (non-hydrogen) atoms. The van der Waals surface area contributed by atoms with E-state index in [0.29, 0.717) is 41.1 Å². The van der Waals surface area contributed by atoms with Gasteiger partial charge in [0.25, 0.3) is 5.91 Å². The van der Waals surface area contributed by atoms with Gasteiger partial charge in [-0.3, -0.25) is 4.79 Å². The van der Waals surface area contributed by atoms with E-state index in [4.69, 9.17) is 33.7 Å². The van der Waals surface area contributed by atoms with E-state index in [9.17, 15) is 4.79 Å². The van der Waals surface area contributed by atoms with Gasteiger partial charge in [0.05, 0.1) is 35.0 Å². The van der Waals surface area contributed by atoms with E-state index in [-0.39, 0.29) is 11.9 Å². The molecule has 0 radical (unpaired) electrons. The second-order valence-corrected chi connectivity index (χ2v) is 5.30. The Hall–Kier alpha value is -0.970. The second kappa shape index (κ2) is 5.99. The summed E-state index contributed by atoms with van der Waals surface area (Å²) in [6.07, 6.45) is 0.849. The van der Waals surface area contributed by atoms with Gasteiger partial charge in [-0.25, -0.2) is 0 Å². The first-order valence-electron chi connectivity index (χ1n) is 6.17. The number of nitrogens with two attached hydrogens (primary N) is 1. The number of hydrogen-bond donors (Lipinski definition) is 1. The van der Waals surface area contributed by atoms with Gasteiger partial charge in [-0.05, 0) is 18.6 Å². The molecule has 0 bridgehead atoms. The number of amides is 1. The first kappa shape index (κ1) is 14.4. The molecule has 1 saturated heterocycles. The van der Waals surface area contributed by atoms with Crippen LogP contribution in [0.25, 0.3) is 0 Å². The minimum absolute atomic E-state index is 0.0843. The molecule has 1 atom stereocenters. The van der Waals surface area contributed by atoms with Crippen molar-refractivity contribution in [2.75, 3.05) is 25.5 Å². The third-order valence-corrected chi connectivity index (χ3v) is 3.91. The number of rotatable bonds is 2. The van der Waals surface area contributed by atoms with Crippen molar-refractivity contribution in [2.45, 2.75) is 19.4 Å². The Morgan fingerprint density at radius 2 is 2.11 bits per heavy atom. The monoisotopic (exact) mass is 302 g/mol. The zero-order valence-corrected chi connectivity index (χ0v) is 12.2. The second-order valence-electron chi connectivity index (χ2n) is 4.49. The summed E-state index contributed by atoms with van der Waals surface area (Å²) in [5.74, 6) is -0.0843. The van der Waals surface area contributed by atoms with Crippen molar-refractivity contribution in [2.24, 2.45) is 0 Å². The number of hydrogen-bond acceptors (Lipinski definition) is 3. The van der Waals surface area contributed by atoms with E-state index in [1.807, 2.05) is 11.8 Å². The van der Waals surface area contributed by atoms with Crippen LogP contribution >= 0.6 is 23.2 Å². The number of halogens is 2. The molecule has 0 aromatic heterocycles. The van der Waals surface area contributed by atoms with Crippen molar-refractivity contribution in [1.82, 2.24) is 4.90 Å². The number of benzene rings is 1. The van der Waals surface area contributed by atoms with Crippen LogP contribution < -0.4 is 5.73 Å². The Morgan fingerprint density at radius 1 is 1.47 bits per heavy atom. The first-order valence-corrected chi connectivity index (χ1v) is 6.93. The SMILES string of the molecule is CCC1COCCN1C(=O)c1cc(Cl)c(N)c(Cl)c1. The highest BCUT2D eigenvalue weighted by molar-refractivity contribution is 6.39. The van der Waals surface area contributed by atoms with Crippen molar-refractivity contribution in [3.63, 3.8) is 0 Å². The molecular weight excluding hydrogens is 287 g/mol. The minimum atomic E-state index is -0.0843. The number of ether oxygens (including phenoxy) is 1. The van der Waals surface area contributed by atoms with E-state index >= 15 is 0 Å². The Morgan fingerprint density at radius 3 is 2.68 bits per heavy atom. The lowest BCUT2D eigenvalue weighted by Crippen LogP contribution is -2.48. The molecule has 1 amide bonds. The fourth-order valence-electron chi connectivity index (χ4n) is 2.13. The normalized spacial score (nSPS) is 19.5. The van der Waals surface area contributed by atoms with Crippen LogP contribution in [0, 0.1) is 0 Å². The maximum Gasteiger partial charge on any atom is 0.254 e. The molecule has 2 N–H and O–H groups in total. The lowest BCUT2D eigenvalue weighted by Gasteiger charge is -2.35. The zero-order valence-electron chi connectivity index (χ0n) is 10.7. The number of nitrogen functional groups attached to an aromatic ring is 1. The van der Waals surface area contributed by atoms with Gasteiger partial charge in [0.1, 0.15) is 0 Å². The molecule has 0 spiro atoms. The highest BCUT2D eigenvalue weighted by Gasteiger charge is 2.27. The lowest BCUT2D eigenvalue weighted by molar-refractivity contribution is -0.00279. The van der Waals surface area contributed by atoms with E-state index in [1.54, 1.807) is 12.1 Å². The summed E-state index contributed by atoms with van der Waals surface area (Å²) in [5.41, 5.74) is 6.44. The summed E-state index contributed by atoms with van der Waals surface area (Å²) < 4.78 is 5.39. The number of carbonyl (C=O) groups excluding carboxylic acids is 1. The standard InChI is InChI=1S/C13H16Cl2N2O2/c1-2-9-7-19-4-3-17(9)13(18)8-5-10(14)12(16)11(15)6-8/h5-6,9H,2-4,7,16H2,1H3. The summed E-state index contributed by atoms with van der Waals surface area (Å²) in [6, 6.07) is 3.22. The number of anilines is 1. The van der Waals surface area contributed by atoms with Crippen LogP contribution in [-0.2, 0) is 4.74 Å². The fourth-order valence-corrected chi connectivity index (χ4v) is 2.62. The molecule has 1 fully saturated rings. The highest BCUT2D eigenvalue weighted by Crippen LogP contribution is 2.29. The average molecular weight is 303 g/mol. The van der Waals surface area contributed by atoms with E-state index < -0.39 is 0 Å². The van der Waals surface area contributed by atoms with E-state index in [1.165, 1.54) is 0 Å². The molecule has 2 rings (SSSR count). The van der Waals surface area contributed by atoms with Crippen LogP contribution in [0.4, 0.5) is 5.69 Å². The molecule has 6 heteroatoms. The number of carbonyl (C=O) groups is 1. The smallest absolute Gasteiger partial charge is 0.254 e. The molecule has 1 unspecified atom stereocenters. The van der Waals surface area contributed by atoms with Crippen LogP contribution in [0.15, 0.2) is 12.1 Å². The van der Waals surface area contributed by atoms with Crippen LogP contribution in [-0.4, -0.2) is 36.6 Å². The molecule has 1 aromatic carbocycles. The van der Waals surface area contributed by atoms with Gasteiger partial charge in [-0.15, -0.1) is 0 Å². The van der Waals surface area contributed by atoms with E-state index in [2.05, 4.69) is 0 Å². The molecule has 1 aliphatic rings. The van der Waals surface area contributed by atoms with Gasteiger partial charge in [0, 0.05) is 12.1 Å². The van der Waals surface area contributed by atoms with Crippen molar-refractivity contribution in [3.8, 4) is 0 Å². The Bertz CT molecular complexity index is 471. The third kappa shape index (κ3) is 2.96. The first-order chi connectivity index (χ1) is 9.04.